The van der Waals surface area contributed by atoms with E-state index in [2.05, 4.69) is 27.7 Å². The number of esters is 1. The van der Waals surface area contributed by atoms with Crippen LogP contribution >= 0.6 is 34.2 Å². The van der Waals surface area contributed by atoms with Crippen LogP contribution in [-0.4, -0.2) is 22.9 Å². The normalized spacial score (nSPS) is 10.4. The average molecular weight is 378 g/mol. The fourth-order valence-electron chi connectivity index (χ4n) is 1.54. The molecule has 0 atom stereocenters. The number of nitrogens with zero attached hydrogens (tertiary/aromatic N) is 2. The number of nitrogens with two attached hydrogens (primary N) is 1. The van der Waals surface area contributed by atoms with Crippen LogP contribution in [-0.2, 0) is 4.74 Å². The van der Waals surface area contributed by atoms with E-state index in [1.165, 1.54) is 17.9 Å². The maximum absolute atomic E-state index is 11.7. The molecule has 5 nitrogen and oxygen atoms in total. The van der Waals surface area contributed by atoms with Gasteiger partial charge in [-0.15, -0.1) is 0 Å². The zero-order chi connectivity index (χ0) is 13.3. The van der Waals surface area contributed by atoms with Gasteiger partial charge in [-0.05, 0) is 34.7 Å². The average Bonchev–Trinajstić information content (AvgIpc) is 2.73. The van der Waals surface area contributed by atoms with Crippen molar-refractivity contribution in [2.45, 2.75) is 0 Å². The molecule has 0 aliphatic rings. The second-order valence-electron chi connectivity index (χ2n) is 3.49. The number of benzene rings is 1. The smallest absolute Gasteiger partial charge is 0.340 e. The fourth-order valence-corrected chi connectivity index (χ4v) is 2.24. The molecule has 0 saturated heterocycles. The molecule has 0 saturated carbocycles. The Labute approximate surface area is 122 Å². The molecule has 1 aromatic carbocycles. The first kappa shape index (κ1) is 13.2. The summed E-state index contributed by atoms with van der Waals surface area (Å²) in [5.74, 6) is -0.510. The predicted octanol–water partition coefficient (Wildman–Crippen LogP) is 2.50. The summed E-state index contributed by atoms with van der Waals surface area (Å²) in [5.41, 5.74) is 6.81. The maximum atomic E-state index is 11.7. The lowest BCUT2D eigenvalue weighted by Gasteiger charge is -2.11. The Bertz CT molecular complexity index is 612. The van der Waals surface area contributed by atoms with Gasteiger partial charge in [0.15, 0.2) is 0 Å². The molecule has 0 fully saturated rings. The number of hydrogen-bond donors (Lipinski definition) is 1. The highest BCUT2D eigenvalue weighted by Crippen LogP contribution is 2.28. The monoisotopic (exact) mass is 377 g/mol. The van der Waals surface area contributed by atoms with Crippen molar-refractivity contribution in [1.29, 1.82) is 0 Å². The number of hydrogen-bond acceptors (Lipinski definition) is 4. The van der Waals surface area contributed by atoms with Crippen molar-refractivity contribution >= 4 is 45.8 Å². The van der Waals surface area contributed by atoms with Crippen molar-refractivity contribution in [1.82, 2.24) is 9.78 Å². The summed E-state index contributed by atoms with van der Waals surface area (Å²) in [4.78, 5) is 11.7. The number of carbonyl (C=O) groups excluding carboxylic acids is 1. The molecule has 2 aromatic rings. The van der Waals surface area contributed by atoms with E-state index in [1.54, 1.807) is 18.5 Å². The highest BCUT2D eigenvalue weighted by atomic mass is 127. The van der Waals surface area contributed by atoms with Gasteiger partial charge in [0.25, 0.3) is 0 Å². The first-order chi connectivity index (χ1) is 8.52. The van der Waals surface area contributed by atoms with E-state index < -0.39 is 5.97 Å². The lowest BCUT2D eigenvalue weighted by atomic mass is 10.1. The molecule has 0 aliphatic heterocycles. The topological polar surface area (TPSA) is 70.1 Å². The quantitative estimate of drug-likeness (QED) is 0.496. The van der Waals surface area contributed by atoms with E-state index in [0.29, 0.717) is 16.4 Å². The lowest BCUT2D eigenvalue weighted by molar-refractivity contribution is 0.0600. The lowest BCUT2D eigenvalue weighted by Crippen LogP contribution is -2.10. The molecule has 0 amide bonds. The number of carbonyl (C=O) groups is 1. The van der Waals surface area contributed by atoms with Gasteiger partial charge in [0.2, 0.25) is 0 Å². The Morgan fingerprint density at radius 2 is 2.28 bits per heavy atom. The summed E-state index contributed by atoms with van der Waals surface area (Å²) < 4.78 is 7.17. The predicted molar refractivity (Wildman–Crippen MR) is 77.0 cm³/mol. The van der Waals surface area contributed by atoms with Crippen molar-refractivity contribution in [3.05, 3.63) is 38.7 Å². The minimum Gasteiger partial charge on any atom is -0.465 e. The summed E-state index contributed by atoms with van der Waals surface area (Å²) in [7, 11) is 1.30. The molecule has 2 rings (SSSR count). The van der Waals surface area contributed by atoms with E-state index in [9.17, 15) is 4.79 Å². The first-order valence-corrected chi connectivity index (χ1v) is 6.36. The van der Waals surface area contributed by atoms with Gasteiger partial charge < -0.3 is 10.5 Å². The Morgan fingerprint density at radius 1 is 1.56 bits per heavy atom. The molecule has 0 spiro atoms. The van der Waals surface area contributed by atoms with E-state index in [0.717, 1.165) is 3.57 Å². The van der Waals surface area contributed by atoms with Crippen molar-refractivity contribution in [2.24, 2.45) is 0 Å². The molecule has 2 N–H and O–H groups in total. The van der Waals surface area contributed by atoms with Crippen molar-refractivity contribution in [3.8, 4) is 5.69 Å². The number of nitrogen functional groups attached to an aromatic ring is 1. The summed E-state index contributed by atoms with van der Waals surface area (Å²) in [6, 6.07) is 3.08. The summed E-state index contributed by atoms with van der Waals surface area (Å²) in [6.45, 7) is 0. The van der Waals surface area contributed by atoms with Crippen LogP contribution in [0.4, 0.5) is 5.69 Å². The Hall–Kier alpha value is -1.28. The number of aromatic nitrogens is 2. The first-order valence-electron chi connectivity index (χ1n) is 4.91. The highest BCUT2D eigenvalue weighted by Gasteiger charge is 2.18. The number of ether oxygens (including phenoxy) is 1. The third kappa shape index (κ3) is 2.44. The molecule has 1 aromatic heterocycles. The molecule has 0 aliphatic carbocycles. The van der Waals surface area contributed by atoms with Crippen molar-refractivity contribution in [2.75, 3.05) is 12.8 Å². The molecule has 1 heterocycles. The van der Waals surface area contributed by atoms with Gasteiger partial charge in [-0.2, -0.15) is 5.10 Å². The Morgan fingerprint density at radius 3 is 2.83 bits per heavy atom. The minimum absolute atomic E-state index is 0.280. The van der Waals surface area contributed by atoms with E-state index in [1.807, 2.05) is 0 Å². The number of anilines is 1. The van der Waals surface area contributed by atoms with Crippen LogP contribution in [0.3, 0.4) is 0 Å². The van der Waals surface area contributed by atoms with Crippen molar-refractivity contribution < 1.29 is 9.53 Å². The highest BCUT2D eigenvalue weighted by molar-refractivity contribution is 14.1. The van der Waals surface area contributed by atoms with E-state index in [-0.39, 0.29) is 5.56 Å². The van der Waals surface area contributed by atoms with Crippen LogP contribution in [0.5, 0.6) is 0 Å². The van der Waals surface area contributed by atoms with Crippen LogP contribution in [0, 0.1) is 3.57 Å². The van der Waals surface area contributed by atoms with Crippen LogP contribution in [0.2, 0.25) is 5.02 Å². The molecule has 0 radical (unpaired) electrons. The fraction of sp³-hybridized carbons (Fsp3) is 0.0909. The van der Waals surface area contributed by atoms with Gasteiger partial charge in [-0.1, -0.05) is 11.6 Å². The van der Waals surface area contributed by atoms with Gasteiger partial charge in [-0.25, -0.2) is 9.48 Å². The van der Waals surface area contributed by atoms with Gasteiger partial charge in [0, 0.05) is 11.9 Å². The summed E-state index contributed by atoms with van der Waals surface area (Å²) in [6.07, 6.45) is 3.42. The number of rotatable bonds is 2. The summed E-state index contributed by atoms with van der Waals surface area (Å²) in [5, 5.41) is 4.47. The molecular formula is C11H9ClIN3O2. The second-order valence-corrected chi connectivity index (χ2v) is 5.15. The largest absolute Gasteiger partial charge is 0.465 e. The summed E-state index contributed by atoms with van der Waals surface area (Å²) >= 11 is 8.25. The molecule has 0 unspecified atom stereocenters. The Balaban J connectivity index is 2.68. The number of halogens is 2. The van der Waals surface area contributed by atoms with Crippen molar-refractivity contribution in [3.63, 3.8) is 0 Å². The molecular weight excluding hydrogens is 368 g/mol. The molecule has 94 valence electrons. The van der Waals surface area contributed by atoms with E-state index >= 15 is 0 Å². The minimum atomic E-state index is -0.510. The SMILES string of the molecule is COC(=O)c1cc(N)cc(Cl)c1-n1cc(I)cn1. The van der Waals surface area contributed by atoms with Gasteiger partial charge in [0.05, 0.1) is 33.2 Å². The molecule has 18 heavy (non-hydrogen) atoms. The maximum Gasteiger partial charge on any atom is 0.340 e. The van der Waals surface area contributed by atoms with Crippen LogP contribution < -0.4 is 5.73 Å². The standard InChI is InChI=1S/C11H9ClIN3O2/c1-18-11(17)8-2-7(14)3-9(12)10(8)16-5-6(13)4-15-16/h2-5H,14H2,1H3. The zero-order valence-electron chi connectivity index (χ0n) is 9.35. The van der Waals surface area contributed by atoms with Crippen LogP contribution in [0.25, 0.3) is 5.69 Å². The zero-order valence-corrected chi connectivity index (χ0v) is 12.3. The third-order valence-corrected chi connectivity index (χ3v) is 3.12. The molecule has 0 bridgehead atoms. The van der Waals surface area contributed by atoms with Crippen LogP contribution in [0.15, 0.2) is 24.5 Å². The molecule has 7 heteroatoms. The van der Waals surface area contributed by atoms with E-state index in [4.69, 9.17) is 22.1 Å². The third-order valence-electron chi connectivity index (χ3n) is 2.27. The second kappa shape index (κ2) is 5.15. The van der Waals surface area contributed by atoms with Crippen LogP contribution in [0.1, 0.15) is 10.4 Å². The van der Waals surface area contributed by atoms with Gasteiger partial charge >= 0.3 is 5.97 Å². The van der Waals surface area contributed by atoms with Gasteiger partial charge in [0.1, 0.15) is 0 Å². The Kier molecular flexibility index (Phi) is 3.76. The van der Waals surface area contributed by atoms with Gasteiger partial charge in [-0.3, -0.25) is 0 Å². The number of methoxy groups -OCH3 is 1.